The standard InChI is InChI=1S/C23H27BrN3/c1-26(21-11-5-4-6-12-21)25-19-20-15-18-27(17-10-3-2-9-16-24)23-14-8-7-13-22(20)23/h4-8,11-15,18-19H,2-3,9-10,16-17H2,1H3/q+1. The second-order valence-electron chi connectivity index (χ2n) is 6.69. The van der Waals surface area contributed by atoms with Crippen molar-refractivity contribution in [1.29, 1.82) is 0 Å². The number of unbranched alkanes of at least 4 members (excludes halogenated alkanes) is 3. The maximum atomic E-state index is 4.63. The van der Waals surface area contributed by atoms with Crippen LogP contribution in [0.5, 0.6) is 0 Å². The molecule has 0 bridgehead atoms. The third-order valence-corrected chi connectivity index (χ3v) is 5.30. The summed E-state index contributed by atoms with van der Waals surface area (Å²) in [6.07, 6.45) is 9.19. The number of aryl methyl sites for hydroxylation is 1. The molecule has 0 fully saturated rings. The van der Waals surface area contributed by atoms with Crippen LogP contribution in [0.2, 0.25) is 0 Å². The van der Waals surface area contributed by atoms with Crippen LogP contribution in [0.4, 0.5) is 5.69 Å². The van der Waals surface area contributed by atoms with Gasteiger partial charge >= 0.3 is 0 Å². The second-order valence-corrected chi connectivity index (χ2v) is 7.48. The van der Waals surface area contributed by atoms with Crippen LogP contribution < -0.4 is 9.58 Å². The van der Waals surface area contributed by atoms with Crippen molar-refractivity contribution >= 4 is 38.7 Å². The summed E-state index contributed by atoms with van der Waals surface area (Å²) in [5, 5.41) is 8.88. The zero-order chi connectivity index (χ0) is 18.9. The molecule has 0 aliphatic carbocycles. The van der Waals surface area contributed by atoms with Gasteiger partial charge in [0.25, 0.3) is 0 Å². The number of benzene rings is 2. The Bertz CT molecular complexity index is 877. The second kappa shape index (κ2) is 10.2. The number of halogens is 1. The summed E-state index contributed by atoms with van der Waals surface area (Å²) in [4.78, 5) is 0. The molecule has 4 heteroatoms. The zero-order valence-corrected chi connectivity index (χ0v) is 17.5. The Morgan fingerprint density at radius 1 is 0.926 bits per heavy atom. The number of hydrogen-bond donors (Lipinski definition) is 0. The first-order valence-electron chi connectivity index (χ1n) is 9.59. The van der Waals surface area contributed by atoms with Gasteiger partial charge in [-0.25, -0.2) is 0 Å². The van der Waals surface area contributed by atoms with Crippen LogP contribution in [0.1, 0.15) is 31.2 Å². The lowest BCUT2D eigenvalue weighted by molar-refractivity contribution is -0.671. The van der Waals surface area contributed by atoms with Gasteiger partial charge in [0.1, 0.15) is 6.54 Å². The molecule has 1 heterocycles. The maximum absolute atomic E-state index is 4.63. The molecule has 0 amide bonds. The van der Waals surface area contributed by atoms with Crippen LogP contribution >= 0.6 is 15.9 Å². The number of rotatable bonds is 9. The topological polar surface area (TPSA) is 19.5 Å². The van der Waals surface area contributed by atoms with E-state index in [4.69, 9.17) is 0 Å². The van der Waals surface area contributed by atoms with Gasteiger partial charge in [0, 0.05) is 36.5 Å². The van der Waals surface area contributed by atoms with Gasteiger partial charge in [-0.3, -0.25) is 5.01 Å². The van der Waals surface area contributed by atoms with Crippen LogP contribution in [-0.2, 0) is 6.54 Å². The van der Waals surface area contributed by atoms with Gasteiger partial charge in [-0.05, 0) is 31.0 Å². The number of pyridine rings is 1. The van der Waals surface area contributed by atoms with E-state index in [1.54, 1.807) is 0 Å². The summed E-state index contributed by atoms with van der Waals surface area (Å²) in [5.41, 5.74) is 3.49. The minimum atomic E-state index is 1.06. The highest BCUT2D eigenvalue weighted by Crippen LogP contribution is 2.16. The Kier molecular flexibility index (Phi) is 7.40. The van der Waals surface area contributed by atoms with E-state index in [-0.39, 0.29) is 0 Å². The minimum Gasteiger partial charge on any atom is -0.269 e. The average molecular weight is 425 g/mol. The first kappa shape index (κ1) is 19.6. The number of anilines is 1. The molecule has 27 heavy (non-hydrogen) atoms. The summed E-state index contributed by atoms with van der Waals surface area (Å²) < 4.78 is 2.36. The molecule has 0 N–H and O–H groups in total. The molecule has 2 aromatic carbocycles. The largest absolute Gasteiger partial charge is 0.269 e. The van der Waals surface area contributed by atoms with Gasteiger partial charge in [-0.2, -0.15) is 9.67 Å². The van der Waals surface area contributed by atoms with E-state index < -0.39 is 0 Å². The fourth-order valence-corrected chi connectivity index (χ4v) is 3.60. The fourth-order valence-electron chi connectivity index (χ4n) is 3.21. The molecule has 0 unspecified atom stereocenters. The molecule has 1 aromatic heterocycles. The van der Waals surface area contributed by atoms with E-state index in [1.165, 1.54) is 36.6 Å². The van der Waals surface area contributed by atoms with Crippen molar-refractivity contribution in [2.75, 3.05) is 17.4 Å². The van der Waals surface area contributed by atoms with Crippen molar-refractivity contribution in [3.8, 4) is 0 Å². The van der Waals surface area contributed by atoms with Crippen molar-refractivity contribution < 1.29 is 4.57 Å². The van der Waals surface area contributed by atoms with E-state index in [0.717, 1.165) is 23.1 Å². The molecular formula is C23H27BrN3+. The maximum Gasteiger partial charge on any atom is 0.213 e. The number of hydrogen-bond acceptors (Lipinski definition) is 2. The van der Waals surface area contributed by atoms with Crippen LogP contribution in [-0.4, -0.2) is 18.6 Å². The Morgan fingerprint density at radius 2 is 1.67 bits per heavy atom. The molecular weight excluding hydrogens is 398 g/mol. The van der Waals surface area contributed by atoms with Crippen LogP contribution in [0.15, 0.2) is 72.0 Å². The van der Waals surface area contributed by atoms with Gasteiger partial charge in [0.05, 0.1) is 17.3 Å². The summed E-state index contributed by atoms with van der Waals surface area (Å²) in [6, 6.07) is 21.0. The Balaban J connectivity index is 1.77. The lowest BCUT2D eigenvalue weighted by atomic mass is 10.1. The molecule has 0 spiro atoms. The van der Waals surface area contributed by atoms with Gasteiger partial charge in [0.2, 0.25) is 5.52 Å². The van der Waals surface area contributed by atoms with Crippen LogP contribution in [0, 0.1) is 0 Å². The van der Waals surface area contributed by atoms with Crippen LogP contribution in [0.25, 0.3) is 10.9 Å². The van der Waals surface area contributed by atoms with E-state index >= 15 is 0 Å². The van der Waals surface area contributed by atoms with E-state index in [2.05, 4.69) is 74.3 Å². The quantitative estimate of drug-likeness (QED) is 0.145. The highest BCUT2D eigenvalue weighted by atomic mass is 79.9. The molecule has 0 aliphatic heterocycles. The molecule has 0 radical (unpaired) electrons. The number of nitrogens with zero attached hydrogens (tertiary/aromatic N) is 3. The number of fused-ring (bicyclic) bond motifs is 1. The third kappa shape index (κ3) is 5.39. The summed E-state index contributed by atoms with van der Waals surface area (Å²) in [5.74, 6) is 0. The Labute approximate surface area is 170 Å². The smallest absolute Gasteiger partial charge is 0.213 e. The van der Waals surface area contributed by atoms with Gasteiger partial charge in [-0.1, -0.05) is 52.7 Å². The average Bonchev–Trinajstić information content (AvgIpc) is 2.73. The van der Waals surface area contributed by atoms with E-state index in [0.29, 0.717) is 0 Å². The first-order valence-corrected chi connectivity index (χ1v) is 10.7. The fraction of sp³-hybridized carbons (Fsp3) is 0.304. The van der Waals surface area contributed by atoms with E-state index in [9.17, 15) is 0 Å². The summed E-state index contributed by atoms with van der Waals surface area (Å²) in [6.45, 7) is 1.06. The van der Waals surface area contributed by atoms with Gasteiger partial charge < -0.3 is 0 Å². The monoisotopic (exact) mass is 424 g/mol. The Morgan fingerprint density at radius 3 is 2.48 bits per heavy atom. The van der Waals surface area contributed by atoms with Crippen molar-refractivity contribution in [3.63, 3.8) is 0 Å². The highest BCUT2D eigenvalue weighted by molar-refractivity contribution is 9.09. The molecule has 0 saturated heterocycles. The van der Waals surface area contributed by atoms with Crippen molar-refractivity contribution in [2.45, 2.75) is 32.2 Å². The summed E-state index contributed by atoms with van der Waals surface area (Å²) >= 11 is 3.51. The highest BCUT2D eigenvalue weighted by Gasteiger charge is 2.11. The number of aromatic nitrogens is 1. The molecule has 140 valence electrons. The minimum absolute atomic E-state index is 1.06. The number of alkyl halides is 1. The number of hydrazone groups is 1. The SMILES string of the molecule is CN(/N=C/c1cc[n+](CCCCCCBr)c2ccccc12)c1ccccc1. The molecule has 0 atom stereocenters. The zero-order valence-electron chi connectivity index (χ0n) is 15.9. The van der Waals surface area contributed by atoms with Gasteiger partial charge in [-0.15, -0.1) is 0 Å². The van der Waals surface area contributed by atoms with Crippen molar-refractivity contribution in [1.82, 2.24) is 0 Å². The predicted octanol–water partition coefficient (Wildman–Crippen LogP) is 5.55. The molecule has 0 saturated carbocycles. The third-order valence-electron chi connectivity index (χ3n) is 4.74. The normalized spacial score (nSPS) is 11.3. The predicted molar refractivity (Wildman–Crippen MR) is 119 cm³/mol. The van der Waals surface area contributed by atoms with Crippen molar-refractivity contribution in [2.24, 2.45) is 5.10 Å². The number of para-hydroxylation sites is 2. The molecule has 3 nitrogen and oxygen atoms in total. The molecule has 3 rings (SSSR count). The lowest BCUT2D eigenvalue weighted by Crippen LogP contribution is -2.34. The first-order chi connectivity index (χ1) is 13.3. The summed E-state index contributed by atoms with van der Waals surface area (Å²) in [7, 11) is 1.98. The van der Waals surface area contributed by atoms with Crippen LogP contribution in [0.3, 0.4) is 0 Å². The molecule has 0 aliphatic rings. The van der Waals surface area contributed by atoms with Gasteiger partial charge in [0.15, 0.2) is 6.20 Å². The Hall–Kier alpha value is -2.20. The lowest BCUT2D eigenvalue weighted by Gasteiger charge is -2.12. The molecule has 3 aromatic rings. The van der Waals surface area contributed by atoms with Crippen molar-refractivity contribution in [3.05, 3.63) is 72.4 Å². The van der Waals surface area contributed by atoms with E-state index in [1.807, 2.05) is 36.5 Å².